The standard InChI is InChI=1S/C14H17BrClNO2/c15-13-7-10(16)3-6-12(13)14(19)17-11-4-1-9(8-18)2-5-11/h3,6-7,9,11,18H,1-2,4-5,8H2,(H,17,19). The van der Waals surface area contributed by atoms with Crippen molar-refractivity contribution < 1.29 is 9.90 Å². The highest BCUT2D eigenvalue weighted by molar-refractivity contribution is 9.10. The molecule has 19 heavy (non-hydrogen) atoms. The van der Waals surface area contributed by atoms with Gasteiger partial charge in [-0.2, -0.15) is 0 Å². The molecule has 1 aromatic rings. The summed E-state index contributed by atoms with van der Waals surface area (Å²) in [4.78, 5) is 12.2. The minimum absolute atomic E-state index is 0.0732. The number of aliphatic hydroxyl groups is 1. The third kappa shape index (κ3) is 3.94. The number of aliphatic hydroxyl groups excluding tert-OH is 1. The van der Waals surface area contributed by atoms with Crippen molar-refractivity contribution in [3.63, 3.8) is 0 Å². The maximum atomic E-state index is 12.2. The number of hydrogen-bond donors (Lipinski definition) is 2. The smallest absolute Gasteiger partial charge is 0.252 e. The van der Waals surface area contributed by atoms with E-state index in [1.54, 1.807) is 18.2 Å². The molecule has 0 heterocycles. The zero-order chi connectivity index (χ0) is 13.8. The molecule has 0 bridgehead atoms. The van der Waals surface area contributed by atoms with E-state index < -0.39 is 0 Å². The van der Waals surface area contributed by atoms with Crippen LogP contribution in [-0.4, -0.2) is 23.7 Å². The van der Waals surface area contributed by atoms with Gasteiger partial charge in [0.1, 0.15) is 0 Å². The lowest BCUT2D eigenvalue weighted by atomic mass is 9.86. The van der Waals surface area contributed by atoms with Gasteiger partial charge in [0.15, 0.2) is 0 Å². The Kier molecular flexibility index (Phi) is 5.25. The molecule has 0 atom stereocenters. The van der Waals surface area contributed by atoms with E-state index in [2.05, 4.69) is 21.2 Å². The molecule has 1 aliphatic rings. The summed E-state index contributed by atoms with van der Waals surface area (Å²) in [6.45, 7) is 0.253. The number of benzene rings is 1. The van der Waals surface area contributed by atoms with E-state index in [4.69, 9.17) is 16.7 Å². The number of carbonyl (C=O) groups excluding carboxylic acids is 1. The Balaban J connectivity index is 1.94. The van der Waals surface area contributed by atoms with Crippen LogP contribution in [0.2, 0.25) is 5.02 Å². The Bertz CT molecular complexity index is 459. The van der Waals surface area contributed by atoms with E-state index in [1.807, 2.05) is 0 Å². The number of nitrogens with one attached hydrogen (secondary N) is 1. The lowest BCUT2D eigenvalue weighted by molar-refractivity contribution is 0.0913. The molecule has 104 valence electrons. The van der Waals surface area contributed by atoms with E-state index in [-0.39, 0.29) is 18.6 Å². The van der Waals surface area contributed by atoms with Gasteiger partial charge in [0.2, 0.25) is 0 Å². The van der Waals surface area contributed by atoms with Gasteiger partial charge < -0.3 is 10.4 Å². The quantitative estimate of drug-likeness (QED) is 0.881. The van der Waals surface area contributed by atoms with Crippen molar-refractivity contribution >= 4 is 33.4 Å². The van der Waals surface area contributed by atoms with Crippen molar-refractivity contribution in [1.29, 1.82) is 0 Å². The SMILES string of the molecule is O=C(NC1CCC(CO)CC1)c1ccc(Cl)cc1Br. The molecule has 0 radical (unpaired) electrons. The molecule has 1 amide bonds. The van der Waals surface area contributed by atoms with Gasteiger partial charge in [-0.05, 0) is 65.7 Å². The molecule has 3 nitrogen and oxygen atoms in total. The second-order valence-corrected chi connectivity index (χ2v) is 6.29. The summed E-state index contributed by atoms with van der Waals surface area (Å²) >= 11 is 9.22. The first-order chi connectivity index (χ1) is 9.10. The highest BCUT2D eigenvalue weighted by Gasteiger charge is 2.22. The summed E-state index contributed by atoms with van der Waals surface area (Å²) < 4.78 is 0.710. The minimum atomic E-state index is -0.0732. The van der Waals surface area contributed by atoms with Gasteiger partial charge >= 0.3 is 0 Å². The van der Waals surface area contributed by atoms with Crippen molar-refractivity contribution in [3.05, 3.63) is 33.3 Å². The Morgan fingerprint density at radius 3 is 2.63 bits per heavy atom. The first-order valence-electron chi connectivity index (χ1n) is 6.47. The molecular formula is C14H17BrClNO2. The van der Waals surface area contributed by atoms with Crippen molar-refractivity contribution in [3.8, 4) is 0 Å². The number of halogens is 2. The van der Waals surface area contributed by atoms with Crippen LogP contribution in [0, 0.1) is 5.92 Å². The first-order valence-corrected chi connectivity index (χ1v) is 7.64. The van der Waals surface area contributed by atoms with Gasteiger partial charge in [0, 0.05) is 22.1 Å². The molecule has 1 aromatic carbocycles. The van der Waals surface area contributed by atoms with Crippen LogP contribution < -0.4 is 5.32 Å². The zero-order valence-electron chi connectivity index (χ0n) is 10.5. The highest BCUT2D eigenvalue weighted by atomic mass is 79.9. The van der Waals surface area contributed by atoms with E-state index in [1.165, 1.54) is 0 Å². The topological polar surface area (TPSA) is 49.3 Å². The Morgan fingerprint density at radius 2 is 2.05 bits per heavy atom. The van der Waals surface area contributed by atoms with Gasteiger partial charge in [-0.25, -0.2) is 0 Å². The summed E-state index contributed by atoms with van der Waals surface area (Å²) in [5, 5.41) is 12.7. The second-order valence-electron chi connectivity index (χ2n) is 5.00. The van der Waals surface area contributed by atoms with Gasteiger partial charge in [-0.3, -0.25) is 4.79 Å². The van der Waals surface area contributed by atoms with Gasteiger partial charge in [0.25, 0.3) is 5.91 Å². The summed E-state index contributed by atoms with van der Waals surface area (Å²) in [6.07, 6.45) is 3.82. The number of hydrogen-bond acceptors (Lipinski definition) is 2. The van der Waals surface area contributed by atoms with Gasteiger partial charge in [-0.1, -0.05) is 11.6 Å². The average Bonchev–Trinajstić information content (AvgIpc) is 2.39. The predicted octanol–water partition coefficient (Wildman–Crippen LogP) is 3.38. The predicted molar refractivity (Wildman–Crippen MR) is 79.5 cm³/mol. The fraction of sp³-hybridized carbons (Fsp3) is 0.500. The van der Waals surface area contributed by atoms with E-state index in [9.17, 15) is 4.79 Å². The van der Waals surface area contributed by atoms with Gasteiger partial charge in [0.05, 0.1) is 5.56 Å². The number of rotatable bonds is 3. The third-order valence-electron chi connectivity index (χ3n) is 3.62. The zero-order valence-corrected chi connectivity index (χ0v) is 12.9. The van der Waals surface area contributed by atoms with Crippen LogP contribution in [0.5, 0.6) is 0 Å². The summed E-state index contributed by atoms with van der Waals surface area (Å²) in [5.74, 6) is 0.325. The van der Waals surface area contributed by atoms with Crippen molar-refractivity contribution in [2.45, 2.75) is 31.7 Å². The van der Waals surface area contributed by atoms with Crippen LogP contribution in [0.4, 0.5) is 0 Å². The summed E-state index contributed by atoms with van der Waals surface area (Å²) in [7, 11) is 0. The lowest BCUT2D eigenvalue weighted by Crippen LogP contribution is -2.38. The van der Waals surface area contributed by atoms with Crippen LogP contribution >= 0.6 is 27.5 Å². The molecule has 0 spiro atoms. The van der Waals surface area contributed by atoms with Crippen LogP contribution in [0.15, 0.2) is 22.7 Å². The minimum Gasteiger partial charge on any atom is -0.396 e. The molecule has 1 saturated carbocycles. The third-order valence-corrected chi connectivity index (χ3v) is 4.51. The van der Waals surface area contributed by atoms with Crippen molar-refractivity contribution in [1.82, 2.24) is 5.32 Å². The maximum absolute atomic E-state index is 12.2. The molecule has 5 heteroatoms. The first kappa shape index (κ1) is 14.8. The lowest BCUT2D eigenvalue weighted by Gasteiger charge is -2.28. The number of carbonyl (C=O) groups is 1. The monoisotopic (exact) mass is 345 g/mol. The van der Waals surface area contributed by atoms with E-state index >= 15 is 0 Å². The fourth-order valence-corrected chi connectivity index (χ4v) is 3.29. The normalized spacial score (nSPS) is 23.1. The van der Waals surface area contributed by atoms with Crippen molar-refractivity contribution in [2.75, 3.05) is 6.61 Å². The second kappa shape index (κ2) is 6.73. The molecule has 1 fully saturated rings. The highest BCUT2D eigenvalue weighted by Crippen LogP contribution is 2.25. The molecule has 2 rings (SSSR count). The summed E-state index contributed by atoms with van der Waals surface area (Å²) in [6, 6.07) is 5.36. The van der Waals surface area contributed by atoms with E-state index in [0.29, 0.717) is 21.0 Å². The molecule has 1 aliphatic carbocycles. The Labute approximate surface area is 126 Å². The molecular weight excluding hydrogens is 330 g/mol. The van der Waals surface area contributed by atoms with Crippen molar-refractivity contribution in [2.24, 2.45) is 5.92 Å². The Hall–Kier alpha value is -0.580. The fourth-order valence-electron chi connectivity index (χ4n) is 2.43. The molecule has 0 saturated heterocycles. The molecule has 0 aliphatic heterocycles. The maximum Gasteiger partial charge on any atom is 0.252 e. The van der Waals surface area contributed by atoms with Crippen LogP contribution in [0.1, 0.15) is 36.0 Å². The molecule has 2 N–H and O–H groups in total. The summed E-state index contributed by atoms with van der Waals surface area (Å²) in [5.41, 5.74) is 0.605. The van der Waals surface area contributed by atoms with Crippen LogP contribution in [0.3, 0.4) is 0 Å². The largest absolute Gasteiger partial charge is 0.396 e. The molecule has 0 unspecified atom stereocenters. The van der Waals surface area contributed by atoms with Gasteiger partial charge in [-0.15, -0.1) is 0 Å². The van der Waals surface area contributed by atoms with Crippen LogP contribution in [-0.2, 0) is 0 Å². The number of amides is 1. The van der Waals surface area contributed by atoms with E-state index in [0.717, 1.165) is 25.7 Å². The van der Waals surface area contributed by atoms with Crippen LogP contribution in [0.25, 0.3) is 0 Å². The Morgan fingerprint density at radius 1 is 1.37 bits per heavy atom. The molecule has 0 aromatic heterocycles. The average molecular weight is 347 g/mol.